The molecule has 0 amide bonds. The Morgan fingerprint density at radius 3 is 2.79 bits per heavy atom. The molecule has 1 aromatic carbocycles. The first kappa shape index (κ1) is 17.4. The number of carboxylic acids is 1. The number of carbonyl (C=O) groups is 1. The van der Waals surface area contributed by atoms with Crippen LogP contribution in [-0.2, 0) is 14.8 Å². The van der Waals surface area contributed by atoms with Gasteiger partial charge in [0.05, 0.1) is 16.6 Å². The van der Waals surface area contributed by atoms with Crippen molar-refractivity contribution in [2.45, 2.75) is 43.1 Å². The summed E-state index contributed by atoms with van der Waals surface area (Å²) in [7, 11) is -2.00. The minimum atomic E-state index is -3.70. The molecule has 1 spiro atoms. The number of piperidine rings is 1. The van der Waals surface area contributed by atoms with E-state index in [1.807, 2.05) is 0 Å². The quantitative estimate of drug-likeness (QED) is 0.898. The molecule has 1 aliphatic heterocycles. The van der Waals surface area contributed by atoms with E-state index in [1.165, 1.54) is 28.6 Å². The number of benzene rings is 1. The van der Waals surface area contributed by atoms with Gasteiger partial charge in [-0.3, -0.25) is 0 Å². The van der Waals surface area contributed by atoms with Crippen molar-refractivity contribution >= 4 is 16.0 Å². The normalized spacial score (nSPS) is 28.3. The van der Waals surface area contributed by atoms with Crippen LogP contribution in [0.4, 0.5) is 0 Å². The van der Waals surface area contributed by atoms with Crippen molar-refractivity contribution in [1.29, 1.82) is 0 Å². The van der Waals surface area contributed by atoms with Crippen molar-refractivity contribution in [1.82, 2.24) is 4.31 Å². The number of carboxylic acid groups (broad SMARTS) is 1. The number of rotatable bonds is 4. The van der Waals surface area contributed by atoms with Gasteiger partial charge in [0.1, 0.15) is 0 Å². The molecule has 0 aromatic heterocycles. The molecule has 1 aromatic rings. The molecule has 0 bridgehead atoms. The zero-order valence-corrected chi connectivity index (χ0v) is 14.6. The molecule has 2 aliphatic rings. The summed E-state index contributed by atoms with van der Waals surface area (Å²) in [4.78, 5) is 11.2. The summed E-state index contributed by atoms with van der Waals surface area (Å²) in [5, 5.41) is 9.09. The smallest absolute Gasteiger partial charge is 0.335 e. The van der Waals surface area contributed by atoms with E-state index in [1.54, 1.807) is 7.11 Å². The molecule has 1 saturated carbocycles. The van der Waals surface area contributed by atoms with Crippen molar-refractivity contribution < 1.29 is 23.1 Å². The van der Waals surface area contributed by atoms with E-state index in [9.17, 15) is 13.2 Å². The largest absolute Gasteiger partial charge is 0.478 e. The first-order valence-electron chi connectivity index (χ1n) is 8.25. The Morgan fingerprint density at radius 2 is 2.08 bits per heavy atom. The van der Waals surface area contributed by atoms with Gasteiger partial charge in [0.15, 0.2) is 0 Å². The number of hydrogen-bond donors (Lipinski definition) is 1. The fourth-order valence-corrected chi connectivity index (χ4v) is 5.82. The van der Waals surface area contributed by atoms with Crippen LogP contribution in [0.1, 0.15) is 42.5 Å². The molecule has 0 unspecified atom stereocenters. The first-order valence-corrected chi connectivity index (χ1v) is 9.69. The highest BCUT2D eigenvalue weighted by Crippen LogP contribution is 2.47. The van der Waals surface area contributed by atoms with Gasteiger partial charge in [-0.25, -0.2) is 13.2 Å². The maximum Gasteiger partial charge on any atom is 0.335 e. The van der Waals surface area contributed by atoms with Gasteiger partial charge in [-0.05, 0) is 43.9 Å². The third-order valence-corrected chi connectivity index (χ3v) is 7.24. The average Bonchev–Trinajstić information content (AvgIpc) is 2.96. The first-order chi connectivity index (χ1) is 11.4. The second-order valence-electron chi connectivity index (χ2n) is 6.75. The van der Waals surface area contributed by atoms with Crippen LogP contribution in [0.2, 0.25) is 0 Å². The fourth-order valence-electron chi connectivity index (χ4n) is 4.20. The Hall–Kier alpha value is -1.44. The molecule has 3 rings (SSSR count). The average molecular weight is 353 g/mol. The fraction of sp³-hybridized carbons (Fsp3) is 0.588. The summed E-state index contributed by atoms with van der Waals surface area (Å²) in [6, 6.07) is 5.58. The zero-order valence-electron chi connectivity index (χ0n) is 13.8. The lowest BCUT2D eigenvalue weighted by Crippen LogP contribution is -2.49. The van der Waals surface area contributed by atoms with Crippen LogP contribution < -0.4 is 0 Å². The van der Waals surface area contributed by atoms with Gasteiger partial charge in [-0.2, -0.15) is 4.31 Å². The van der Waals surface area contributed by atoms with E-state index in [0.29, 0.717) is 13.1 Å². The number of nitrogens with zero attached hydrogens (tertiary/aromatic N) is 1. The molecule has 1 heterocycles. The molecule has 7 heteroatoms. The van der Waals surface area contributed by atoms with E-state index < -0.39 is 16.0 Å². The molecule has 132 valence electrons. The number of methoxy groups -OCH3 is 1. The third kappa shape index (κ3) is 2.96. The molecule has 6 nitrogen and oxygen atoms in total. The molecule has 24 heavy (non-hydrogen) atoms. The molecular weight excluding hydrogens is 330 g/mol. The monoisotopic (exact) mass is 353 g/mol. The Kier molecular flexibility index (Phi) is 4.68. The van der Waals surface area contributed by atoms with E-state index >= 15 is 0 Å². The summed E-state index contributed by atoms with van der Waals surface area (Å²) in [6.07, 6.45) is 4.89. The number of aromatic carboxylic acids is 1. The maximum atomic E-state index is 13.0. The van der Waals surface area contributed by atoms with Gasteiger partial charge in [-0.15, -0.1) is 0 Å². The Labute approximate surface area is 142 Å². The van der Waals surface area contributed by atoms with Crippen molar-refractivity contribution in [3.05, 3.63) is 29.8 Å². The van der Waals surface area contributed by atoms with Gasteiger partial charge in [0.25, 0.3) is 0 Å². The predicted octanol–water partition coefficient (Wildman–Crippen LogP) is 2.35. The number of ether oxygens (including phenoxy) is 1. The van der Waals surface area contributed by atoms with Gasteiger partial charge < -0.3 is 9.84 Å². The molecule has 1 saturated heterocycles. The van der Waals surface area contributed by atoms with Gasteiger partial charge in [-0.1, -0.05) is 12.5 Å². The summed E-state index contributed by atoms with van der Waals surface area (Å²) in [5.41, 5.74) is -0.122. The molecule has 0 radical (unpaired) electrons. The van der Waals surface area contributed by atoms with Crippen LogP contribution in [0.25, 0.3) is 0 Å². The van der Waals surface area contributed by atoms with Crippen LogP contribution in [0.5, 0.6) is 0 Å². The number of sulfonamides is 1. The second-order valence-corrected chi connectivity index (χ2v) is 8.69. The van der Waals surface area contributed by atoms with Crippen LogP contribution in [0, 0.1) is 5.41 Å². The van der Waals surface area contributed by atoms with Crippen LogP contribution in [0.15, 0.2) is 29.2 Å². The van der Waals surface area contributed by atoms with Crippen molar-refractivity contribution in [3.63, 3.8) is 0 Å². The SMILES string of the molecule is CO[C@@H]1CCC[C@@]12CCCN(S(=O)(=O)c1cccc(C(=O)O)c1)C2. The summed E-state index contributed by atoms with van der Waals surface area (Å²) in [6.45, 7) is 0.920. The lowest BCUT2D eigenvalue weighted by atomic mass is 9.77. The topological polar surface area (TPSA) is 83.9 Å². The maximum absolute atomic E-state index is 13.0. The second kappa shape index (κ2) is 6.46. The zero-order chi connectivity index (χ0) is 17.4. The Balaban J connectivity index is 1.90. The van der Waals surface area contributed by atoms with Gasteiger partial charge in [0, 0.05) is 25.6 Å². The van der Waals surface area contributed by atoms with Crippen LogP contribution in [-0.4, -0.2) is 50.1 Å². The number of hydrogen-bond acceptors (Lipinski definition) is 4. The summed E-state index contributed by atoms with van der Waals surface area (Å²) in [5.74, 6) is -1.13. The lowest BCUT2D eigenvalue weighted by molar-refractivity contribution is -0.0184. The van der Waals surface area contributed by atoms with E-state index in [4.69, 9.17) is 9.84 Å². The molecular formula is C17H23NO5S. The minimum absolute atomic E-state index is 0.0153. The predicted molar refractivity (Wildman–Crippen MR) is 88.5 cm³/mol. The molecule has 1 aliphatic carbocycles. The Morgan fingerprint density at radius 1 is 1.33 bits per heavy atom. The molecule has 1 N–H and O–H groups in total. The van der Waals surface area contributed by atoms with Crippen LogP contribution >= 0.6 is 0 Å². The minimum Gasteiger partial charge on any atom is -0.478 e. The summed E-state index contributed by atoms with van der Waals surface area (Å²) < 4.78 is 33.1. The Bertz CT molecular complexity index is 732. The molecule has 2 atom stereocenters. The lowest BCUT2D eigenvalue weighted by Gasteiger charge is -2.43. The van der Waals surface area contributed by atoms with Crippen molar-refractivity contribution in [2.75, 3.05) is 20.2 Å². The van der Waals surface area contributed by atoms with Gasteiger partial charge in [0.2, 0.25) is 10.0 Å². The van der Waals surface area contributed by atoms with Crippen molar-refractivity contribution in [2.24, 2.45) is 5.41 Å². The standard InChI is InChI=1S/C17H23NO5S/c1-23-15-7-3-8-17(15)9-4-10-18(12-17)24(21,22)14-6-2-5-13(11-14)16(19)20/h2,5-6,11,15H,3-4,7-10,12H2,1H3,(H,19,20)/t15-,17+/m1/s1. The highest BCUT2D eigenvalue weighted by atomic mass is 32.2. The van der Waals surface area contributed by atoms with Gasteiger partial charge >= 0.3 is 5.97 Å². The summed E-state index contributed by atoms with van der Waals surface area (Å²) >= 11 is 0. The highest BCUT2D eigenvalue weighted by molar-refractivity contribution is 7.89. The van der Waals surface area contributed by atoms with Crippen LogP contribution in [0.3, 0.4) is 0 Å². The van der Waals surface area contributed by atoms with E-state index in [0.717, 1.165) is 32.1 Å². The highest BCUT2D eigenvalue weighted by Gasteiger charge is 2.48. The van der Waals surface area contributed by atoms with E-state index in [2.05, 4.69) is 0 Å². The van der Waals surface area contributed by atoms with E-state index in [-0.39, 0.29) is 22.0 Å². The van der Waals surface area contributed by atoms with Crippen molar-refractivity contribution in [3.8, 4) is 0 Å². The third-order valence-electron chi connectivity index (χ3n) is 5.40. The molecule has 2 fully saturated rings.